The number of methoxy groups -OCH3 is 1. The highest BCUT2D eigenvalue weighted by molar-refractivity contribution is 5.43. The van der Waals surface area contributed by atoms with E-state index in [0.29, 0.717) is 17.9 Å². The van der Waals surface area contributed by atoms with Crippen molar-refractivity contribution in [2.45, 2.75) is 32.5 Å². The molecule has 0 aliphatic heterocycles. The van der Waals surface area contributed by atoms with Crippen molar-refractivity contribution in [2.24, 2.45) is 0 Å². The van der Waals surface area contributed by atoms with Crippen molar-refractivity contribution in [2.75, 3.05) is 7.11 Å². The number of benzene rings is 1. The third-order valence-electron chi connectivity index (χ3n) is 2.45. The summed E-state index contributed by atoms with van der Waals surface area (Å²) in [6.45, 7) is 3.56. The highest BCUT2D eigenvalue weighted by atomic mass is 16.5. The summed E-state index contributed by atoms with van der Waals surface area (Å²) in [5, 5.41) is 18.3. The van der Waals surface area contributed by atoms with E-state index in [-0.39, 0.29) is 0 Å². The molecule has 1 aromatic carbocycles. The fourth-order valence-electron chi connectivity index (χ4n) is 1.40. The zero-order chi connectivity index (χ0) is 12.8. The molecule has 1 aromatic rings. The first kappa shape index (κ1) is 13.3. The number of nitriles is 1. The largest absolute Gasteiger partial charge is 0.493 e. The van der Waals surface area contributed by atoms with Crippen LogP contribution >= 0.6 is 0 Å². The van der Waals surface area contributed by atoms with Crippen LogP contribution in [0.3, 0.4) is 0 Å². The van der Waals surface area contributed by atoms with Crippen LogP contribution in [0, 0.1) is 11.3 Å². The first-order valence-corrected chi connectivity index (χ1v) is 5.54. The molecular formula is C13H17NO3. The first-order valence-electron chi connectivity index (χ1n) is 5.54. The summed E-state index contributed by atoms with van der Waals surface area (Å²) in [5.41, 5.74) is 0.749. The van der Waals surface area contributed by atoms with Crippen molar-refractivity contribution >= 4 is 0 Å². The molecule has 0 saturated carbocycles. The lowest BCUT2D eigenvalue weighted by atomic mass is 10.1. The summed E-state index contributed by atoms with van der Waals surface area (Å²) < 4.78 is 10.7. The minimum absolute atomic E-state index is 0.485. The summed E-state index contributed by atoms with van der Waals surface area (Å²) in [5.74, 6) is 1.04. The lowest BCUT2D eigenvalue weighted by Crippen LogP contribution is -2.13. The molecule has 0 radical (unpaired) electrons. The maximum absolute atomic E-state index is 9.46. The van der Waals surface area contributed by atoms with E-state index in [1.54, 1.807) is 25.1 Å². The van der Waals surface area contributed by atoms with Gasteiger partial charge in [-0.25, -0.2) is 0 Å². The predicted octanol–water partition coefficient (Wildman–Crippen LogP) is 2.43. The quantitative estimate of drug-likeness (QED) is 0.851. The van der Waals surface area contributed by atoms with Gasteiger partial charge in [0.2, 0.25) is 0 Å². The monoisotopic (exact) mass is 235 g/mol. The van der Waals surface area contributed by atoms with E-state index < -0.39 is 12.2 Å². The second-order valence-electron chi connectivity index (χ2n) is 3.73. The van der Waals surface area contributed by atoms with E-state index in [1.165, 1.54) is 7.11 Å². The fourth-order valence-corrected chi connectivity index (χ4v) is 1.40. The van der Waals surface area contributed by atoms with Crippen molar-refractivity contribution in [3.8, 4) is 17.6 Å². The smallest absolute Gasteiger partial charge is 0.184 e. The Kier molecular flexibility index (Phi) is 4.80. The maximum Gasteiger partial charge on any atom is 0.184 e. The molecule has 0 heterocycles. The summed E-state index contributed by atoms with van der Waals surface area (Å²) in [7, 11) is 1.53. The van der Waals surface area contributed by atoms with E-state index in [1.807, 2.05) is 6.92 Å². The van der Waals surface area contributed by atoms with Crippen LogP contribution in [0.1, 0.15) is 31.9 Å². The van der Waals surface area contributed by atoms with Gasteiger partial charge in [-0.2, -0.15) is 5.26 Å². The van der Waals surface area contributed by atoms with E-state index in [4.69, 9.17) is 14.7 Å². The highest BCUT2D eigenvalue weighted by Gasteiger charge is 2.12. The Morgan fingerprint density at radius 2 is 2.12 bits per heavy atom. The van der Waals surface area contributed by atoms with Gasteiger partial charge in [0.05, 0.1) is 13.2 Å². The molecule has 0 aliphatic rings. The van der Waals surface area contributed by atoms with E-state index in [2.05, 4.69) is 6.07 Å². The van der Waals surface area contributed by atoms with Crippen molar-refractivity contribution in [1.29, 1.82) is 5.26 Å². The van der Waals surface area contributed by atoms with Gasteiger partial charge in [0.15, 0.2) is 17.6 Å². The molecule has 0 fully saturated rings. The fraction of sp³-hybridized carbons (Fsp3) is 0.462. The van der Waals surface area contributed by atoms with Crippen LogP contribution in [-0.4, -0.2) is 18.3 Å². The van der Waals surface area contributed by atoms with Crippen molar-refractivity contribution in [3.05, 3.63) is 23.8 Å². The number of hydrogen-bond donors (Lipinski definition) is 1. The second kappa shape index (κ2) is 6.12. The number of aliphatic hydroxyl groups is 1. The zero-order valence-electron chi connectivity index (χ0n) is 10.3. The molecular weight excluding hydrogens is 218 g/mol. The van der Waals surface area contributed by atoms with Gasteiger partial charge in [0, 0.05) is 0 Å². The summed E-state index contributed by atoms with van der Waals surface area (Å²) in [6.07, 6.45) is -0.435. The molecule has 0 aromatic heterocycles. The van der Waals surface area contributed by atoms with Gasteiger partial charge < -0.3 is 14.6 Å². The summed E-state index contributed by atoms with van der Waals surface area (Å²) in [4.78, 5) is 0. The normalized spacial score (nSPS) is 13.6. The van der Waals surface area contributed by atoms with E-state index in [9.17, 15) is 5.11 Å². The van der Waals surface area contributed by atoms with Gasteiger partial charge in [-0.15, -0.1) is 0 Å². The predicted molar refractivity (Wildman–Crippen MR) is 63.9 cm³/mol. The van der Waals surface area contributed by atoms with Crippen LogP contribution in [0.2, 0.25) is 0 Å². The maximum atomic E-state index is 9.46. The molecule has 0 aliphatic carbocycles. The molecule has 2 unspecified atom stereocenters. The Labute approximate surface area is 101 Å². The van der Waals surface area contributed by atoms with Gasteiger partial charge in [-0.1, -0.05) is 13.0 Å². The molecule has 1 rings (SSSR count). The molecule has 0 amide bonds. The number of hydrogen-bond acceptors (Lipinski definition) is 4. The minimum Gasteiger partial charge on any atom is -0.493 e. The zero-order valence-corrected chi connectivity index (χ0v) is 10.3. The SMILES string of the molecule is CCC(C#N)Oc1ccc(C(C)O)cc1OC. The van der Waals surface area contributed by atoms with Crippen LogP contribution in [-0.2, 0) is 0 Å². The Morgan fingerprint density at radius 1 is 1.41 bits per heavy atom. The van der Waals surface area contributed by atoms with Crippen LogP contribution in [0.4, 0.5) is 0 Å². The average Bonchev–Trinajstić information content (AvgIpc) is 2.35. The van der Waals surface area contributed by atoms with Crippen LogP contribution < -0.4 is 9.47 Å². The molecule has 0 spiro atoms. The van der Waals surface area contributed by atoms with E-state index in [0.717, 1.165) is 5.56 Å². The molecule has 0 saturated heterocycles. The van der Waals surface area contributed by atoms with Crippen molar-refractivity contribution in [3.63, 3.8) is 0 Å². The first-order chi connectivity index (χ1) is 8.12. The molecule has 92 valence electrons. The standard InChI is InChI=1S/C13H17NO3/c1-4-11(8-14)17-12-6-5-10(9(2)15)7-13(12)16-3/h5-7,9,11,15H,4H2,1-3H3. The van der Waals surface area contributed by atoms with Gasteiger partial charge in [0.1, 0.15) is 6.07 Å². The summed E-state index contributed by atoms with van der Waals surface area (Å²) >= 11 is 0. The molecule has 4 nitrogen and oxygen atoms in total. The third-order valence-corrected chi connectivity index (χ3v) is 2.45. The Morgan fingerprint density at radius 3 is 2.59 bits per heavy atom. The lowest BCUT2D eigenvalue weighted by Gasteiger charge is -2.15. The number of nitrogens with zero attached hydrogens (tertiary/aromatic N) is 1. The van der Waals surface area contributed by atoms with Crippen LogP contribution in [0.15, 0.2) is 18.2 Å². The molecule has 2 atom stereocenters. The second-order valence-corrected chi connectivity index (χ2v) is 3.73. The molecule has 17 heavy (non-hydrogen) atoms. The van der Waals surface area contributed by atoms with Gasteiger partial charge >= 0.3 is 0 Å². The van der Waals surface area contributed by atoms with Gasteiger partial charge in [-0.05, 0) is 31.0 Å². The van der Waals surface area contributed by atoms with E-state index >= 15 is 0 Å². The minimum atomic E-state index is -0.559. The average molecular weight is 235 g/mol. The van der Waals surface area contributed by atoms with Crippen LogP contribution in [0.5, 0.6) is 11.5 Å². The molecule has 0 bridgehead atoms. The van der Waals surface area contributed by atoms with Crippen molar-refractivity contribution in [1.82, 2.24) is 0 Å². The number of aliphatic hydroxyl groups excluding tert-OH is 1. The Balaban J connectivity index is 2.97. The number of ether oxygens (including phenoxy) is 2. The Bertz CT molecular complexity index is 410. The summed E-state index contributed by atoms with van der Waals surface area (Å²) in [6, 6.07) is 7.24. The third kappa shape index (κ3) is 3.36. The number of rotatable bonds is 5. The van der Waals surface area contributed by atoms with Crippen LogP contribution in [0.25, 0.3) is 0 Å². The van der Waals surface area contributed by atoms with Crippen molar-refractivity contribution < 1.29 is 14.6 Å². The lowest BCUT2D eigenvalue weighted by molar-refractivity contribution is 0.198. The van der Waals surface area contributed by atoms with Gasteiger partial charge in [0.25, 0.3) is 0 Å². The van der Waals surface area contributed by atoms with Gasteiger partial charge in [-0.3, -0.25) is 0 Å². The Hall–Kier alpha value is -1.73. The molecule has 1 N–H and O–H groups in total. The molecule has 4 heteroatoms. The topological polar surface area (TPSA) is 62.5 Å². The highest BCUT2D eigenvalue weighted by Crippen LogP contribution is 2.31.